The summed E-state index contributed by atoms with van der Waals surface area (Å²) in [4.78, 5) is 12.4. The molecule has 0 aromatic heterocycles. The maximum atomic E-state index is 12.4. The molecule has 0 aliphatic carbocycles. The van der Waals surface area contributed by atoms with Crippen LogP contribution >= 0.6 is 0 Å². The van der Waals surface area contributed by atoms with Gasteiger partial charge >= 0.3 is 0 Å². The third-order valence-corrected chi connectivity index (χ3v) is 4.32. The summed E-state index contributed by atoms with van der Waals surface area (Å²) in [6.07, 6.45) is 3.27. The van der Waals surface area contributed by atoms with E-state index in [2.05, 4.69) is 37.4 Å². The summed E-state index contributed by atoms with van der Waals surface area (Å²) in [5, 5.41) is 12.1. The van der Waals surface area contributed by atoms with Gasteiger partial charge < -0.3 is 10.4 Å². The fourth-order valence-corrected chi connectivity index (χ4v) is 2.95. The van der Waals surface area contributed by atoms with E-state index in [4.69, 9.17) is 5.11 Å². The largest absolute Gasteiger partial charge is 0.396 e. The Labute approximate surface area is 115 Å². The lowest BCUT2D eigenvalue weighted by molar-refractivity contribution is -0.129. The number of amides is 1. The molecule has 1 aromatic rings. The highest BCUT2D eigenvalue weighted by molar-refractivity contribution is 5.89. The molecule has 3 nitrogen and oxygen atoms in total. The Morgan fingerprint density at radius 2 is 2.11 bits per heavy atom. The minimum Gasteiger partial charge on any atom is -0.396 e. The first-order valence-electron chi connectivity index (χ1n) is 7.07. The number of rotatable bonds is 4. The van der Waals surface area contributed by atoms with Gasteiger partial charge in [-0.2, -0.15) is 0 Å². The Bertz CT molecular complexity index is 470. The highest BCUT2D eigenvalue weighted by atomic mass is 16.3. The molecule has 1 aromatic carbocycles. The number of piperidine rings is 1. The Hall–Kier alpha value is -1.35. The average Bonchev–Trinajstić information content (AvgIpc) is 2.41. The SMILES string of the molecule is Cc1ccc([C@@]2(CCCO)CCCNC2=O)cc1C. The summed E-state index contributed by atoms with van der Waals surface area (Å²) in [6.45, 7) is 5.07. The number of carbonyl (C=O) groups is 1. The summed E-state index contributed by atoms with van der Waals surface area (Å²) in [5.41, 5.74) is 3.12. The second kappa shape index (κ2) is 5.74. The van der Waals surface area contributed by atoms with Gasteiger partial charge in [-0.25, -0.2) is 0 Å². The highest BCUT2D eigenvalue weighted by Crippen LogP contribution is 2.37. The summed E-state index contributed by atoms with van der Waals surface area (Å²) in [6, 6.07) is 6.30. The van der Waals surface area contributed by atoms with Crippen molar-refractivity contribution in [2.24, 2.45) is 0 Å². The van der Waals surface area contributed by atoms with Crippen LogP contribution in [0.1, 0.15) is 42.4 Å². The summed E-state index contributed by atoms with van der Waals surface area (Å²) in [5.74, 6) is 0.121. The van der Waals surface area contributed by atoms with Crippen LogP contribution in [-0.2, 0) is 10.2 Å². The van der Waals surface area contributed by atoms with Gasteiger partial charge in [0.25, 0.3) is 0 Å². The molecule has 2 rings (SSSR count). The van der Waals surface area contributed by atoms with Crippen LogP contribution in [0.3, 0.4) is 0 Å². The third kappa shape index (κ3) is 2.66. The number of aliphatic hydroxyl groups is 1. The molecule has 1 heterocycles. The fourth-order valence-electron chi connectivity index (χ4n) is 2.95. The second-order valence-corrected chi connectivity index (χ2v) is 5.57. The zero-order valence-corrected chi connectivity index (χ0v) is 11.8. The van der Waals surface area contributed by atoms with Crippen molar-refractivity contribution in [1.82, 2.24) is 5.32 Å². The monoisotopic (exact) mass is 261 g/mol. The van der Waals surface area contributed by atoms with Crippen LogP contribution in [0.5, 0.6) is 0 Å². The van der Waals surface area contributed by atoms with Crippen molar-refractivity contribution in [1.29, 1.82) is 0 Å². The molecule has 1 amide bonds. The van der Waals surface area contributed by atoms with Crippen molar-refractivity contribution >= 4 is 5.91 Å². The van der Waals surface area contributed by atoms with E-state index in [-0.39, 0.29) is 12.5 Å². The molecule has 1 atom stereocenters. The Balaban J connectivity index is 2.40. The van der Waals surface area contributed by atoms with Crippen molar-refractivity contribution in [3.05, 3.63) is 34.9 Å². The van der Waals surface area contributed by atoms with Crippen LogP contribution in [0, 0.1) is 13.8 Å². The zero-order chi connectivity index (χ0) is 13.9. The van der Waals surface area contributed by atoms with Crippen LogP contribution < -0.4 is 5.32 Å². The van der Waals surface area contributed by atoms with E-state index in [0.717, 1.165) is 31.4 Å². The van der Waals surface area contributed by atoms with Crippen molar-refractivity contribution in [3.8, 4) is 0 Å². The Morgan fingerprint density at radius 3 is 2.74 bits per heavy atom. The highest BCUT2D eigenvalue weighted by Gasteiger charge is 2.41. The lowest BCUT2D eigenvalue weighted by atomic mass is 9.70. The molecule has 1 aliphatic heterocycles. The fraction of sp³-hybridized carbons (Fsp3) is 0.562. The first-order chi connectivity index (χ1) is 9.10. The summed E-state index contributed by atoms with van der Waals surface area (Å²) < 4.78 is 0. The zero-order valence-electron chi connectivity index (χ0n) is 11.8. The molecule has 2 N–H and O–H groups in total. The van der Waals surface area contributed by atoms with Crippen LogP contribution in [0.4, 0.5) is 0 Å². The number of carbonyl (C=O) groups excluding carboxylic acids is 1. The minimum atomic E-state index is -0.445. The van der Waals surface area contributed by atoms with Crippen LogP contribution in [-0.4, -0.2) is 24.2 Å². The lowest BCUT2D eigenvalue weighted by Crippen LogP contribution is -2.49. The van der Waals surface area contributed by atoms with E-state index in [9.17, 15) is 4.79 Å². The van der Waals surface area contributed by atoms with E-state index in [1.807, 2.05) is 0 Å². The minimum absolute atomic E-state index is 0.121. The number of aryl methyl sites for hydroxylation is 2. The molecule has 1 fully saturated rings. The predicted octanol–water partition coefficient (Wildman–Crippen LogP) is 2.22. The topological polar surface area (TPSA) is 49.3 Å². The summed E-state index contributed by atoms with van der Waals surface area (Å²) >= 11 is 0. The number of hydrogen-bond acceptors (Lipinski definition) is 2. The number of nitrogens with one attached hydrogen (secondary N) is 1. The van der Waals surface area contributed by atoms with Gasteiger partial charge in [0.15, 0.2) is 0 Å². The first-order valence-corrected chi connectivity index (χ1v) is 7.07. The molecule has 0 saturated carbocycles. The standard InChI is InChI=1S/C16H23NO2/c1-12-5-6-14(11-13(12)2)16(8-4-10-18)7-3-9-17-15(16)19/h5-6,11,18H,3-4,7-10H2,1-2H3,(H,17,19)/t16-/m0/s1. The van der Waals surface area contributed by atoms with E-state index >= 15 is 0 Å². The Morgan fingerprint density at radius 1 is 1.32 bits per heavy atom. The van der Waals surface area contributed by atoms with Gasteiger partial charge in [-0.1, -0.05) is 18.2 Å². The van der Waals surface area contributed by atoms with Crippen LogP contribution in [0.2, 0.25) is 0 Å². The average molecular weight is 261 g/mol. The molecular weight excluding hydrogens is 238 g/mol. The maximum Gasteiger partial charge on any atom is 0.230 e. The van der Waals surface area contributed by atoms with Gasteiger partial charge in [-0.05, 0) is 56.2 Å². The van der Waals surface area contributed by atoms with Gasteiger partial charge in [0, 0.05) is 13.2 Å². The van der Waals surface area contributed by atoms with Crippen molar-refractivity contribution in [2.45, 2.75) is 44.9 Å². The molecule has 1 saturated heterocycles. The molecule has 3 heteroatoms. The molecule has 104 valence electrons. The number of hydrogen-bond donors (Lipinski definition) is 2. The van der Waals surface area contributed by atoms with Crippen LogP contribution in [0.15, 0.2) is 18.2 Å². The normalized spacial score (nSPS) is 23.2. The van der Waals surface area contributed by atoms with E-state index in [1.54, 1.807) is 0 Å². The quantitative estimate of drug-likeness (QED) is 0.873. The second-order valence-electron chi connectivity index (χ2n) is 5.57. The molecule has 19 heavy (non-hydrogen) atoms. The van der Waals surface area contributed by atoms with Gasteiger partial charge in [0.1, 0.15) is 0 Å². The number of benzene rings is 1. The number of aliphatic hydroxyl groups excluding tert-OH is 1. The predicted molar refractivity (Wildman–Crippen MR) is 76.2 cm³/mol. The molecule has 0 bridgehead atoms. The van der Waals surface area contributed by atoms with E-state index in [0.29, 0.717) is 6.42 Å². The van der Waals surface area contributed by atoms with Crippen molar-refractivity contribution in [2.75, 3.05) is 13.2 Å². The molecule has 1 aliphatic rings. The van der Waals surface area contributed by atoms with Crippen LogP contribution in [0.25, 0.3) is 0 Å². The van der Waals surface area contributed by atoms with Gasteiger partial charge in [-0.3, -0.25) is 4.79 Å². The molecule has 0 unspecified atom stereocenters. The molecule has 0 radical (unpaired) electrons. The molecule has 0 spiro atoms. The van der Waals surface area contributed by atoms with E-state index in [1.165, 1.54) is 11.1 Å². The van der Waals surface area contributed by atoms with Gasteiger partial charge in [0.2, 0.25) is 5.91 Å². The van der Waals surface area contributed by atoms with Gasteiger partial charge in [-0.15, -0.1) is 0 Å². The third-order valence-electron chi connectivity index (χ3n) is 4.32. The maximum absolute atomic E-state index is 12.4. The summed E-state index contributed by atoms with van der Waals surface area (Å²) in [7, 11) is 0. The Kier molecular flexibility index (Phi) is 4.25. The van der Waals surface area contributed by atoms with Crippen molar-refractivity contribution < 1.29 is 9.90 Å². The van der Waals surface area contributed by atoms with Crippen molar-refractivity contribution in [3.63, 3.8) is 0 Å². The lowest BCUT2D eigenvalue weighted by Gasteiger charge is -2.37. The first kappa shape index (κ1) is 14.1. The molecular formula is C16H23NO2. The van der Waals surface area contributed by atoms with Gasteiger partial charge in [0.05, 0.1) is 5.41 Å². The smallest absolute Gasteiger partial charge is 0.230 e. The van der Waals surface area contributed by atoms with E-state index < -0.39 is 5.41 Å².